The van der Waals surface area contributed by atoms with Crippen LogP contribution in [0.1, 0.15) is 20.8 Å². The summed E-state index contributed by atoms with van der Waals surface area (Å²) in [5.41, 5.74) is -0.672. The highest BCUT2D eigenvalue weighted by molar-refractivity contribution is 7.89. The van der Waals surface area contributed by atoms with Crippen LogP contribution in [0.3, 0.4) is 0 Å². The van der Waals surface area contributed by atoms with E-state index in [0.29, 0.717) is 0 Å². The molecular formula is C11H16FNO3S. The SMILES string of the molecule is COc1cccc(S(=O)(=O)NC(C)(C)C)c1F. The zero-order valence-electron chi connectivity index (χ0n) is 10.2. The van der Waals surface area contributed by atoms with Gasteiger partial charge in [-0.2, -0.15) is 0 Å². The van der Waals surface area contributed by atoms with Gasteiger partial charge in [0.05, 0.1) is 7.11 Å². The predicted molar refractivity (Wildman–Crippen MR) is 63.0 cm³/mol. The second kappa shape index (κ2) is 4.62. The minimum atomic E-state index is -3.89. The van der Waals surface area contributed by atoms with E-state index in [4.69, 9.17) is 4.74 Å². The van der Waals surface area contributed by atoms with Gasteiger partial charge in [0.25, 0.3) is 0 Å². The third kappa shape index (κ3) is 3.41. The first kappa shape index (κ1) is 13.9. The molecule has 1 aromatic rings. The third-order valence-corrected chi connectivity index (χ3v) is 3.65. The fraction of sp³-hybridized carbons (Fsp3) is 0.455. The van der Waals surface area contributed by atoms with Gasteiger partial charge in [-0.1, -0.05) is 6.07 Å². The molecule has 0 saturated heterocycles. The van der Waals surface area contributed by atoms with Gasteiger partial charge in [-0.05, 0) is 32.9 Å². The van der Waals surface area contributed by atoms with E-state index in [2.05, 4.69) is 4.72 Å². The first-order valence-corrected chi connectivity index (χ1v) is 6.52. The maximum absolute atomic E-state index is 13.8. The summed E-state index contributed by atoms with van der Waals surface area (Å²) in [4.78, 5) is -0.410. The van der Waals surface area contributed by atoms with E-state index in [0.717, 1.165) is 0 Å². The summed E-state index contributed by atoms with van der Waals surface area (Å²) in [6.45, 7) is 5.05. The number of hydrogen-bond donors (Lipinski definition) is 1. The molecule has 17 heavy (non-hydrogen) atoms. The first-order valence-electron chi connectivity index (χ1n) is 5.04. The van der Waals surface area contributed by atoms with Gasteiger partial charge in [-0.15, -0.1) is 0 Å². The summed E-state index contributed by atoms with van der Waals surface area (Å²) < 4.78 is 44.8. The van der Waals surface area contributed by atoms with Crippen molar-refractivity contribution in [3.05, 3.63) is 24.0 Å². The normalized spacial score (nSPS) is 12.5. The van der Waals surface area contributed by atoms with E-state index in [1.807, 2.05) is 0 Å². The quantitative estimate of drug-likeness (QED) is 0.904. The molecular weight excluding hydrogens is 245 g/mol. The molecule has 0 aromatic heterocycles. The van der Waals surface area contributed by atoms with Gasteiger partial charge in [-0.3, -0.25) is 0 Å². The summed E-state index contributed by atoms with van der Waals surface area (Å²) in [5.74, 6) is -0.978. The van der Waals surface area contributed by atoms with Crippen LogP contribution < -0.4 is 9.46 Å². The summed E-state index contributed by atoms with van der Waals surface area (Å²) in [6.07, 6.45) is 0. The Morgan fingerprint density at radius 1 is 1.29 bits per heavy atom. The number of rotatable bonds is 3. The highest BCUT2D eigenvalue weighted by Crippen LogP contribution is 2.24. The molecule has 0 spiro atoms. The third-order valence-electron chi connectivity index (χ3n) is 1.88. The molecule has 1 rings (SSSR count). The molecule has 0 aliphatic carbocycles. The van der Waals surface area contributed by atoms with Crippen LogP contribution in [-0.4, -0.2) is 21.1 Å². The van der Waals surface area contributed by atoms with E-state index in [-0.39, 0.29) is 5.75 Å². The monoisotopic (exact) mass is 261 g/mol. The van der Waals surface area contributed by atoms with E-state index >= 15 is 0 Å². The predicted octanol–water partition coefficient (Wildman–Crippen LogP) is 1.91. The van der Waals surface area contributed by atoms with Gasteiger partial charge in [0.2, 0.25) is 10.0 Å². The fourth-order valence-electron chi connectivity index (χ4n) is 1.31. The number of benzene rings is 1. The summed E-state index contributed by atoms with van der Waals surface area (Å²) >= 11 is 0. The van der Waals surface area contributed by atoms with E-state index in [9.17, 15) is 12.8 Å². The van der Waals surface area contributed by atoms with E-state index in [1.54, 1.807) is 20.8 Å². The second-order valence-corrected chi connectivity index (χ2v) is 6.28. The van der Waals surface area contributed by atoms with Gasteiger partial charge in [-0.25, -0.2) is 17.5 Å². The molecule has 0 aliphatic heterocycles. The molecule has 0 saturated carbocycles. The van der Waals surface area contributed by atoms with Crippen molar-refractivity contribution in [3.63, 3.8) is 0 Å². The number of nitrogens with one attached hydrogen (secondary N) is 1. The Bertz CT molecular complexity index is 506. The highest BCUT2D eigenvalue weighted by atomic mass is 32.2. The van der Waals surface area contributed by atoms with Crippen LogP contribution in [0.25, 0.3) is 0 Å². The lowest BCUT2D eigenvalue weighted by atomic mass is 10.1. The fourth-order valence-corrected chi connectivity index (χ4v) is 2.82. The molecule has 0 atom stereocenters. The molecule has 0 aliphatic rings. The van der Waals surface area contributed by atoms with Gasteiger partial charge in [0.1, 0.15) is 4.90 Å². The van der Waals surface area contributed by atoms with Gasteiger partial charge >= 0.3 is 0 Å². The minimum absolute atomic E-state index is 0.0956. The van der Waals surface area contributed by atoms with Crippen LogP contribution in [0.5, 0.6) is 5.75 Å². The van der Waals surface area contributed by atoms with Crippen molar-refractivity contribution in [3.8, 4) is 5.75 Å². The molecule has 1 aromatic carbocycles. The largest absolute Gasteiger partial charge is 0.494 e. The molecule has 0 fully saturated rings. The maximum atomic E-state index is 13.8. The Labute approximate surface area is 101 Å². The summed E-state index contributed by atoms with van der Waals surface area (Å²) in [6, 6.07) is 4.00. The molecule has 0 unspecified atom stereocenters. The maximum Gasteiger partial charge on any atom is 0.244 e. The molecule has 0 heterocycles. The standard InChI is InChI=1S/C11H16FNO3S/c1-11(2,3)13-17(14,15)9-7-5-6-8(16-4)10(9)12/h5-7,13H,1-4H3. The van der Waals surface area contributed by atoms with Gasteiger partial charge in [0.15, 0.2) is 11.6 Å². The molecule has 0 bridgehead atoms. The Balaban J connectivity index is 3.25. The first-order chi connectivity index (χ1) is 7.67. The Morgan fingerprint density at radius 3 is 2.35 bits per heavy atom. The van der Waals surface area contributed by atoms with Crippen molar-refractivity contribution in [1.29, 1.82) is 0 Å². The smallest absolute Gasteiger partial charge is 0.244 e. The number of methoxy groups -OCH3 is 1. The minimum Gasteiger partial charge on any atom is -0.494 e. The number of ether oxygens (including phenoxy) is 1. The number of halogens is 1. The topological polar surface area (TPSA) is 55.4 Å². The number of sulfonamides is 1. The van der Waals surface area contributed by atoms with Crippen molar-refractivity contribution in [2.45, 2.75) is 31.2 Å². The lowest BCUT2D eigenvalue weighted by molar-refractivity contribution is 0.380. The Hall–Kier alpha value is -1.14. The van der Waals surface area contributed by atoms with Gasteiger partial charge in [0, 0.05) is 5.54 Å². The van der Waals surface area contributed by atoms with Crippen molar-refractivity contribution in [2.75, 3.05) is 7.11 Å². The molecule has 4 nitrogen and oxygen atoms in total. The summed E-state index contributed by atoms with van der Waals surface area (Å²) in [7, 11) is -2.60. The van der Waals surface area contributed by atoms with Gasteiger partial charge < -0.3 is 4.74 Å². The zero-order chi connectivity index (χ0) is 13.3. The molecule has 6 heteroatoms. The van der Waals surface area contributed by atoms with Crippen LogP contribution in [0.15, 0.2) is 23.1 Å². The molecule has 0 amide bonds. The summed E-state index contributed by atoms with van der Waals surface area (Å²) in [5, 5.41) is 0. The molecule has 96 valence electrons. The number of hydrogen-bond acceptors (Lipinski definition) is 3. The van der Waals surface area contributed by atoms with Crippen molar-refractivity contribution >= 4 is 10.0 Å². The van der Waals surface area contributed by atoms with Crippen LogP contribution in [0.4, 0.5) is 4.39 Å². The average molecular weight is 261 g/mol. The highest BCUT2D eigenvalue weighted by Gasteiger charge is 2.26. The zero-order valence-corrected chi connectivity index (χ0v) is 11.1. The average Bonchev–Trinajstić information content (AvgIpc) is 2.14. The lowest BCUT2D eigenvalue weighted by Crippen LogP contribution is -2.40. The molecule has 0 radical (unpaired) electrons. The van der Waals surface area contributed by atoms with E-state index < -0.39 is 26.3 Å². The van der Waals surface area contributed by atoms with Crippen molar-refractivity contribution < 1.29 is 17.5 Å². The lowest BCUT2D eigenvalue weighted by Gasteiger charge is -2.20. The van der Waals surface area contributed by atoms with Crippen molar-refractivity contribution in [1.82, 2.24) is 4.72 Å². The second-order valence-electron chi connectivity index (χ2n) is 4.63. The van der Waals surface area contributed by atoms with Crippen LogP contribution >= 0.6 is 0 Å². The Kier molecular flexibility index (Phi) is 3.78. The van der Waals surface area contributed by atoms with Crippen LogP contribution in [0, 0.1) is 5.82 Å². The Morgan fingerprint density at radius 2 is 1.88 bits per heavy atom. The van der Waals surface area contributed by atoms with Crippen LogP contribution in [-0.2, 0) is 10.0 Å². The molecule has 1 N–H and O–H groups in total. The van der Waals surface area contributed by atoms with Crippen LogP contribution in [0.2, 0.25) is 0 Å². The van der Waals surface area contributed by atoms with E-state index in [1.165, 1.54) is 25.3 Å². The van der Waals surface area contributed by atoms with Crippen molar-refractivity contribution in [2.24, 2.45) is 0 Å².